The van der Waals surface area contributed by atoms with Crippen molar-refractivity contribution in [3.8, 4) is 0 Å². The van der Waals surface area contributed by atoms with Crippen molar-refractivity contribution >= 4 is 19.8 Å². The van der Waals surface area contributed by atoms with E-state index in [4.69, 9.17) is 24.3 Å². The number of phosphoric ester groups is 1. The normalized spacial score (nSPS) is 13.1. The lowest BCUT2D eigenvalue weighted by Crippen LogP contribution is -2.29. The summed E-state index contributed by atoms with van der Waals surface area (Å²) < 4.78 is 33.2. The number of rotatable bonds is 73. The fourth-order valence-electron chi connectivity index (χ4n) is 11.5. The fraction of sp³-hybridized carbons (Fsp3) is 0.870. The van der Waals surface area contributed by atoms with Gasteiger partial charge in [0.25, 0.3) is 0 Å². The Bertz CT molecular complexity index is 1570. The van der Waals surface area contributed by atoms with Crippen LogP contribution in [0.4, 0.5) is 0 Å². The van der Waals surface area contributed by atoms with Gasteiger partial charge >= 0.3 is 19.8 Å². The van der Waals surface area contributed by atoms with Gasteiger partial charge < -0.3 is 20.1 Å². The van der Waals surface area contributed by atoms with E-state index in [9.17, 15) is 19.0 Å². The first-order valence-corrected chi connectivity index (χ1v) is 39.6. The van der Waals surface area contributed by atoms with Gasteiger partial charge in [-0.1, -0.05) is 358 Å². The Labute approximate surface area is 540 Å². The summed E-state index contributed by atoms with van der Waals surface area (Å²) in [5.74, 6) is -0.808. The molecule has 0 aromatic carbocycles. The molecule has 0 bridgehead atoms. The van der Waals surface area contributed by atoms with Crippen LogP contribution < -0.4 is 5.73 Å². The highest BCUT2D eigenvalue weighted by atomic mass is 31.2. The second-order valence-corrected chi connectivity index (χ2v) is 27.3. The molecule has 512 valence electrons. The third kappa shape index (κ3) is 72.9. The molecule has 2 unspecified atom stereocenters. The molecular weight excluding hydrogens is 1100 g/mol. The van der Waals surface area contributed by atoms with Crippen molar-refractivity contribution < 1.29 is 37.6 Å². The molecule has 10 heteroatoms. The number of phosphoric acid groups is 1. The van der Waals surface area contributed by atoms with E-state index in [0.717, 1.165) is 51.4 Å². The highest BCUT2D eigenvalue weighted by Gasteiger charge is 2.26. The number of hydrogen-bond donors (Lipinski definition) is 2. The molecule has 0 aliphatic heterocycles. The third-order valence-corrected chi connectivity index (χ3v) is 18.2. The standard InChI is InChI=1S/C77H146NO8P/c1-3-5-7-9-11-13-15-17-19-21-23-25-27-29-31-33-34-35-36-37-38-39-40-42-43-45-47-49-51-53-55-57-59-61-63-65-67-69-76(79)83-73-75(74-85-87(81,82)84-72-71-78)86-77(80)70-68-66-64-62-60-58-56-54-52-50-48-46-44-41-32-30-28-26-24-22-20-18-16-14-12-10-8-6-4-2/h16,18,21-24,28,30,75H,3-15,17,19-20,25-27,29,31-74,78H2,1-2H3,(H,81,82)/b18-16-,23-21-,24-22-,30-28-. The number of ether oxygens (including phenoxy) is 2. The summed E-state index contributed by atoms with van der Waals surface area (Å²) in [6.45, 7) is 3.80. The summed E-state index contributed by atoms with van der Waals surface area (Å²) in [7, 11) is -4.39. The summed E-state index contributed by atoms with van der Waals surface area (Å²) in [5, 5.41) is 0. The van der Waals surface area contributed by atoms with E-state index in [1.54, 1.807) is 0 Å². The topological polar surface area (TPSA) is 134 Å². The molecular formula is C77H146NO8P. The number of esters is 2. The summed E-state index contributed by atoms with van der Waals surface area (Å²) in [6, 6.07) is 0. The molecule has 0 aliphatic carbocycles. The molecule has 0 saturated heterocycles. The summed E-state index contributed by atoms with van der Waals surface area (Å²) in [6.07, 6.45) is 93.8. The largest absolute Gasteiger partial charge is 0.472 e. The van der Waals surface area contributed by atoms with Crippen LogP contribution in [0.15, 0.2) is 48.6 Å². The zero-order valence-corrected chi connectivity index (χ0v) is 58.7. The number of carbonyl (C=O) groups excluding carboxylic acids is 2. The van der Waals surface area contributed by atoms with Gasteiger partial charge in [0, 0.05) is 19.4 Å². The van der Waals surface area contributed by atoms with Crippen molar-refractivity contribution in [3.63, 3.8) is 0 Å². The average Bonchev–Trinajstić information content (AvgIpc) is 3.63. The van der Waals surface area contributed by atoms with E-state index in [2.05, 4.69) is 62.5 Å². The van der Waals surface area contributed by atoms with E-state index in [-0.39, 0.29) is 38.6 Å². The first kappa shape index (κ1) is 85.0. The van der Waals surface area contributed by atoms with Gasteiger partial charge in [0.05, 0.1) is 13.2 Å². The predicted octanol–water partition coefficient (Wildman–Crippen LogP) is 25.2. The van der Waals surface area contributed by atoms with Crippen LogP contribution in [-0.4, -0.2) is 49.3 Å². The number of hydrogen-bond acceptors (Lipinski definition) is 8. The van der Waals surface area contributed by atoms with Crippen LogP contribution in [0, 0.1) is 0 Å². The summed E-state index contributed by atoms with van der Waals surface area (Å²) in [5.41, 5.74) is 5.41. The minimum Gasteiger partial charge on any atom is -0.462 e. The average molecular weight is 1240 g/mol. The van der Waals surface area contributed by atoms with Crippen LogP contribution in [0.3, 0.4) is 0 Å². The van der Waals surface area contributed by atoms with Crippen LogP contribution in [0.1, 0.15) is 399 Å². The number of unbranched alkanes of at least 4 members (excludes halogenated alkanes) is 52. The lowest BCUT2D eigenvalue weighted by molar-refractivity contribution is -0.161. The molecule has 0 amide bonds. The van der Waals surface area contributed by atoms with Gasteiger partial charge in [-0.25, -0.2) is 4.57 Å². The molecule has 0 radical (unpaired) electrons. The van der Waals surface area contributed by atoms with Gasteiger partial charge in [0.1, 0.15) is 6.61 Å². The first-order valence-electron chi connectivity index (χ1n) is 38.1. The molecule has 0 aromatic heterocycles. The highest BCUT2D eigenvalue weighted by Crippen LogP contribution is 2.43. The Morgan fingerprint density at radius 1 is 0.345 bits per heavy atom. The molecule has 2 atom stereocenters. The first-order chi connectivity index (χ1) is 42.8. The van der Waals surface area contributed by atoms with Crippen molar-refractivity contribution in [2.45, 2.75) is 405 Å². The Balaban J connectivity index is 3.78. The lowest BCUT2D eigenvalue weighted by atomic mass is 10.0. The van der Waals surface area contributed by atoms with Crippen molar-refractivity contribution in [2.75, 3.05) is 26.4 Å². The van der Waals surface area contributed by atoms with Crippen molar-refractivity contribution in [2.24, 2.45) is 5.73 Å². The fourth-order valence-corrected chi connectivity index (χ4v) is 12.3. The van der Waals surface area contributed by atoms with Crippen molar-refractivity contribution in [3.05, 3.63) is 48.6 Å². The minimum atomic E-state index is -4.39. The maximum atomic E-state index is 12.8. The van der Waals surface area contributed by atoms with Crippen LogP contribution in [0.5, 0.6) is 0 Å². The molecule has 0 saturated carbocycles. The van der Waals surface area contributed by atoms with E-state index in [1.165, 1.54) is 315 Å². The van der Waals surface area contributed by atoms with Gasteiger partial charge in [-0.05, 0) is 77.0 Å². The molecule has 0 spiro atoms. The van der Waals surface area contributed by atoms with Gasteiger partial charge in [-0.2, -0.15) is 0 Å². The second-order valence-electron chi connectivity index (χ2n) is 25.9. The Kier molecular flexibility index (Phi) is 71.3. The van der Waals surface area contributed by atoms with Crippen LogP contribution >= 0.6 is 7.82 Å². The van der Waals surface area contributed by atoms with Gasteiger partial charge in [0.2, 0.25) is 0 Å². The summed E-state index contributed by atoms with van der Waals surface area (Å²) in [4.78, 5) is 35.4. The SMILES string of the molecule is CCCCCCC/C=C\C/C=C\C/C=C\CCCCCCCCCCCCCCCCC(=O)OC(COC(=O)CCCCCCCCCCCCCCCCCCCCCCCCCCC/C=C\CCCCCCCCCC)COP(=O)(O)OCCN. The Morgan fingerprint density at radius 3 is 0.897 bits per heavy atom. The Morgan fingerprint density at radius 2 is 0.598 bits per heavy atom. The van der Waals surface area contributed by atoms with E-state index < -0.39 is 26.5 Å². The lowest BCUT2D eigenvalue weighted by Gasteiger charge is -2.19. The Hall–Kier alpha value is -2.03. The van der Waals surface area contributed by atoms with Crippen LogP contribution in [0.2, 0.25) is 0 Å². The maximum Gasteiger partial charge on any atom is 0.472 e. The molecule has 9 nitrogen and oxygen atoms in total. The minimum absolute atomic E-state index is 0.0547. The summed E-state index contributed by atoms with van der Waals surface area (Å²) >= 11 is 0. The van der Waals surface area contributed by atoms with E-state index in [0.29, 0.717) is 6.42 Å². The smallest absolute Gasteiger partial charge is 0.462 e. The zero-order valence-electron chi connectivity index (χ0n) is 57.8. The van der Waals surface area contributed by atoms with E-state index >= 15 is 0 Å². The molecule has 87 heavy (non-hydrogen) atoms. The van der Waals surface area contributed by atoms with Gasteiger partial charge in [-0.15, -0.1) is 0 Å². The second kappa shape index (κ2) is 73.0. The number of nitrogens with two attached hydrogens (primary N) is 1. The van der Waals surface area contributed by atoms with E-state index in [1.807, 2.05) is 0 Å². The van der Waals surface area contributed by atoms with Crippen molar-refractivity contribution in [1.29, 1.82) is 0 Å². The predicted molar refractivity (Wildman–Crippen MR) is 377 cm³/mol. The number of allylic oxidation sites excluding steroid dienone is 8. The maximum absolute atomic E-state index is 12.8. The van der Waals surface area contributed by atoms with Gasteiger partial charge in [0.15, 0.2) is 6.10 Å². The van der Waals surface area contributed by atoms with Gasteiger partial charge in [-0.3, -0.25) is 18.6 Å². The molecule has 0 rings (SSSR count). The molecule has 0 heterocycles. The van der Waals surface area contributed by atoms with Crippen molar-refractivity contribution in [1.82, 2.24) is 0 Å². The number of carbonyl (C=O) groups is 2. The monoisotopic (exact) mass is 1240 g/mol. The van der Waals surface area contributed by atoms with Crippen LogP contribution in [-0.2, 0) is 32.7 Å². The highest BCUT2D eigenvalue weighted by molar-refractivity contribution is 7.47. The zero-order chi connectivity index (χ0) is 63.0. The molecule has 0 fully saturated rings. The molecule has 3 N–H and O–H groups in total. The third-order valence-electron chi connectivity index (χ3n) is 17.2. The quantitative estimate of drug-likeness (QED) is 0.0264. The molecule has 0 aromatic rings. The molecule has 0 aliphatic rings. The van der Waals surface area contributed by atoms with Crippen LogP contribution in [0.25, 0.3) is 0 Å².